The molecule has 0 saturated heterocycles. The standard InChI is InChI=1S/C24H30Cl2N2O2/c1-6-21(23(30)27-24(3,4)5)28(15-17-12-10-16(2)11-13-17)22(29)14-18-19(25)8-7-9-20(18)26/h7-13,21H,6,14-15H2,1-5H3,(H,27,30)/t21-/m0/s1. The Kier molecular flexibility index (Phi) is 8.34. The molecule has 2 aromatic rings. The smallest absolute Gasteiger partial charge is 0.243 e. The van der Waals surface area contributed by atoms with Gasteiger partial charge in [-0.2, -0.15) is 0 Å². The first-order valence-corrected chi connectivity index (χ1v) is 10.9. The highest BCUT2D eigenvalue weighted by atomic mass is 35.5. The number of hydrogen-bond donors (Lipinski definition) is 1. The van der Waals surface area contributed by atoms with Crippen molar-refractivity contribution < 1.29 is 9.59 Å². The third kappa shape index (κ3) is 6.75. The first-order chi connectivity index (χ1) is 14.0. The summed E-state index contributed by atoms with van der Waals surface area (Å²) in [7, 11) is 0. The molecule has 2 aromatic carbocycles. The SMILES string of the molecule is CC[C@@H](C(=O)NC(C)(C)C)N(Cc1ccc(C)cc1)C(=O)Cc1c(Cl)cccc1Cl. The maximum atomic E-state index is 13.4. The second kappa shape index (κ2) is 10.3. The molecule has 0 aliphatic heterocycles. The Bertz CT molecular complexity index is 869. The summed E-state index contributed by atoms with van der Waals surface area (Å²) in [6, 6.07) is 12.5. The van der Waals surface area contributed by atoms with Crippen LogP contribution in [-0.4, -0.2) is 28.3 Å². The van der Waals surface area contributed by atoms with Crippen molar-refractivity contribution in [1.29, 1.82) is 0 Å². The topological polar surface area (TPSA) is 49.4 Å². The number of amides is 2. The lowest BCUT2D eigenvalue weighted by molar-refractivity contribution is -0.141. The Balaban J connectivity index is 2.36. The summed E-state index contributed by atoms with van der Waals surface area (Å²) in [5.41, 5.74) is 2.28. The third-order valence-corrected chi connectivity index (χ3v) is 5.46. The second-order valence-electron chi connectivity index (χ2n) is 8.55. The van der Waals surface area contributed by atoms with E-state index in [2.05, 4.69) is 5.32 Å². The van der Waals surface area contributed by atoms with E-state index < -0.39 is 11.6 Å². The van der Waals surface area contributed by atoms with Crippen LogP contribution in [0.25, 0.3) is 0 Å². The first kappa shape index (κ1) is 24.2. The monoisotopic (exact) mass is 448 g/mol. The molecule has 0 unspecified atom stereocenters. The van der Waals surface area contributed by atoms with E-state index in [9.17, 15) is 9.59 Å². The van der Waals surface area contributed by atoms with Crippen LogP contribution in [0, 0.1) is 6.92 Å². The predicted octanol–water partition coefficient (Wildman–Crippen LogP) is 5.57. The van der Waals surface area contributed by atoms with Crippen molar-refractivity contribution in [2.45, 2.75) is 65.6 Å². The maximum Gasteiger partial charge on any atom is 0.243 e. The molecule has 6 heteroatoms. The number of hydrogen-bond acceptors (Lipinski definition) is 2. The molecule has 0 bridgehead atoms. The molecule has 162 valence electrons. The van der Waals surface area contributed by atoms with Crippen LogP contribution in [0.15, 0.2) is 42.5 Å². The Morgan fingerprint density at radius 2 is 1.60 bits per heavy atom. The Morgan fingerprint density at radius 3 is 2.10 bits per heavy atom. The lowest BCUT2D eigenvalue weighted by Gasteiger charge is -2.33. The Morgan fingerprint density at radius 1 is 1.03 bits per heavy atom. The molecule has 2 rings (SSSR count). The number of benzene rings is 2. The lowest BCUT2D eigenvalue weighted by atomic mass is 10.0. The van der Waals surface area contributed by atoms with Gasteiger partial charge in [0.05, 0.1) is 6.42 Å². The highest BCUT2D eigenvalue weighted by Gasteiger charge is 2.31. The van der Waals surface area contributed by atoms with Crippen molar-refractivity contribution in [3.8, 4) is 0 Å². The van der Waals surface area contributed by atoms with Crippen molar-refractivity contribution in [3.63, 3.8) is 0 Å². The highest BCUT2D eigenvalue weighted by Crippen LogP contribution is 2.26. The summed E-state index contributed by atoms with van der Waals surface area (Å²) in [6.45, 7) is 10.0. The van der Waals surface area contributed by atoms with Crippen molar-refractivity contribution in [1.82, 2.24) is 10.2 Å². The molecule has 0 aliphatic carbocycles. The summed E-state index contributed by atoms with van der Waals surface area (Å²) >= 11 is 12.6. The third-order valence-electron chi connectivity index (χ3n) is 4.75. The molecule has 0 spiro atoms. The van der Waals surface area contributed by atoms with Crippen LogP contribution in [0.5, 0.6) is 0 Å². The molecular formula is C24H30Cl2N2O2. The fourth-order valence-corrected chi connectivity index (χ4v) is 3.75. The van der Waals surface area contributed by atoms with Gasteiger partial charge in [-0.25, -0.2) is 0 Å². The van der Waals surface area contributed by atoms with Crippen molar-refractivity contribution in [3.05, 3.63) is 69.2 Å². The molecule has 1 atom stereocenters. The van der Waals surface area contributed by atoms with Gasteiger partial charge in [-0.3, -0.25) is 9.59 Å². The van der Waals surface area contributed by atoms with Gasteiger partial charge in [0.1, 0.15) is 6.04 Å². The molecule has 0 radical (unpaired) electrons. The number of nitrogens with one attached hydrogen (secondary N) is 1. The van der Waals surface area contributed by atoms with E-state index >= 15 is 0 Å². The largest absolute Gasteiger partial charge is 0.350 e. The molecule has 0 aliphatic rings. The zero-order valence-corrected chi connectivity index (χ0v) is 19.8. The van der Waals surface area contributed by atoms with Crippen LogP contribution < -0.4 is 5.32 Å². The van der Waals surface area contributed by atoms with E-state index in [-0.39, 0.29) is 18.2 Å². The fourth-order valence-electron chi connectivity index (χ4n) is 3.22. The highest BCUT2D eigenvalue weighted by molar-refractivity contribution is 6.36. The summed E-state index contributed by atoms with van der Waals surface area (Å²) < 4.78 is 0. The molecule has 1 N–H and O–H groups in total. The van der Waals surface area contributed by atoms with Gasteiger partial charge in [0, 0.05) is 22.1 Å². The zero-order chi connectivity index (χ0) is 22.5. The number of rotatable bonds is 7. The summed E-state index contributed by atoms with van der Waals surface area (Å²) in [6.07, 6.45) is 0.527. The number of halogens is 2. The van der Waals surface area contributed by atoms with E-state index in [1.165, 1.54) is 0 Å². The maximum absolute atomic E-state index is 13.4. The van der Waals surface area contributed by atoms with Crippen LogP contribution in [-0.2, 0) is 22.6 Å². The van der Waals surface area contributed by atoms with E-state index in [0.717, 1.165) is 11.1 Å². The Hall–Kier alpha value is -2.04. The predicted molar refractivity (Wildman–Crippen MR) is 124 cm³/mol. The molecule has 0 heterocycles. The van der Waals surface area contributed by atoms with Crippen LogP contribution in [0.1, 0.15) is 50.8 Å². The molecule has 2 amide bonds. The van der Waals surface area contributed by atoms with Gasteiger partial charge in [0.25, 0.3) is 0 Å². The summed E-state index contributed by atoms with van der Waals surface area (Å²) in [5, 5.41) is 3.89. The number of nitrogens with zero attached hydrogens (tertiary/aromatic N) is 1. The number of carbonyl (C=O) groups excluding carboxylic acids is 2. The minimum atomic E-state index is -0.598. The first-order valence-electron chi connectivity index (χ1n) is 10.1. The van der Waals surface area contributed by atoms with Crippen LogP contribution in [0.2, 0.25) is 10.0 Å². The van der Waals surface area contributed by atoms with E-state index in [1.54, 1.807) is 23.1 Å². The molecule has 0 aromatic heterocycles. The summed E-state index contributed by atoms with van der Waals surface area (Å²) in [4.78, 5) is 28.0. The van der Waals surface area contributed by atoms with Gasteiger partial charge in [-0.05, 0) is 57.4 Å². The van der Waals surface area contributed by atoms with Gasteiger partial charge in [0.15, 0.2) is 0 Å². The molecule has 30 heavy (non-hydrogen) atoms. The van der Waals surface area contributed by atoms with E-state index in [0.29, 0.717) is 28.6 Å². The van der Waals surface area contributed by atoms with Crippen molar-refractivity contribution >= 4 is 35.0 Å². The van der Waals surface area contributed by atoms with Crippen LogP contribution in [0.3, 0.4) is 0 Å². The van der Waals surface area contributed by atoms with Crippen molar-refractivity contribution in [2.24, 2.45) is 0 Å². The quantitative estimate of drug-likeness (QED) is 0.601. The van der Waals surface area contributed by atoms with Crippen LogP contribution in [0.4, 0.5) is 0 Å². The number of carbonyl (C=O) groups is 2. The van der Waals surface area contributed by atoms with Gasteiger partial charge in [0.2, 0.25) is 11.8 Å². The van der Waals surface area contributed by atoms with E-state index in [1.807, 2.05) is 58.9 Å². The Labute approximate surface area is 189 Å². The minimum absolute atomic E-state index is 0.0314. The molecule has 0 saturated carbocycles. The van der Waals surface area contributed by atoms with E-state index in [4.69, 9.17) is 23.2 Å². The second-order valence-corrected chi connectivity index (χ2v) is 9.36. The number of aryl methyl sites for hydroxylation is 1. The summed E-state index contributed by atoms with van der Waals surface area (Å²) in [5.74, 6) is -0.364. The molecule has 4 nitrogen and oxygen atoms in total. The minimum Gasteiger partial charge on any atom is -0.350 e. The van der Waals surface area contributed by atoms with Gasteiger partial charge in [-0.1, -0.05) is 66.0 Å². The fraction of sp³-hybridized carbons (Fsp3) is 0.417. The van der Waals surface area contributed by atoms with Gasteiger partial charge >= 0.3 is 0 Å². The average Bonchev–Trinajstić information content (AvgIpc) is 2.64. The molecular weight excluding hydrogens is 419 g/mol. The average molecular weight is 449 g/mol. The van der Waals surface area contributed by atoms with Gasteiger partial charge in [-0.15, -0.1) is 0 Å². The van der Waals surface area contributed by atoms with Gasteiger partial charge < -0.3 is 10.2 Å². The van der Waals surface area contributed by atoms with Crippen molar-refractivity contribution in [2.75, 3.05) is 0 Å². The molecule has 0 fully saturated rings. The normalized spacial score (nSPS) is 12.4. The zero-order valence-electron chi connectivity index (χ0n) is 18.3. The lowest BCUT2D eigenvalue weighted by Crippen LogP contribution is -2.53. The van der Waals surface area contributed by atoms with Crippen LogP contribution >= 0.6 is 23.2 Å².